The average molecular weight is 579 g/mol. The van der Waals surface area contributed by atoms with Crippen LogP contribution in [0.25, 0.3) is 0 Å². The molecule has 4 aromatic carbocycles. The molecular weight excluding hydrogens is 552 g/mol. The molecular formula is C32H26N4O7. The Hall–Kier alpha value is -5.71. The second-order valence-electron chi connectivity index (χ2n) is 10.3. The van der Waals surface area contributed by atoms with Crippen LogP contribution in [-0.4, -0.2) is 28.7 Å². The van der Waals surface area contributed by atoms with Crippen LogP contribution in [-0.2, 0) is 33.8 Å². The molecule has 4 aliphatic heterocycles. The molecule has 0 spiro atoms. The van der Waals surface area contributed by atoms with E-state index in [4.69, 9.17) is 9.47 Å². The molecule has 11 heteroatoms. The zero-order valence-corrected chi connectivity index (χ0v) is 22.7. The van der Waals surface area contributed by atoms with Crippen molar-refractivity contribution in [1.82, 2.24) is 16.0 Å². The molecule has 3 amide bonds. The fourth-order valence-corrected chi connectivity index (χ4v) is 5.02. The molecule has 2 atom stereocenters. The lowest BCUT2D eigenvalue weighted by atomic mass is 10.0. The number of carbonyl (C=O) groups is 3. The largest absolute Gasteiger partial charge is 0.457 e. The van der Waals surface area contributed by atoms with E-state index in [1.165, 1.54) is 18.2 Å². The summed E-state index contributed by atoms with van der Waals surface area (Å²) in [4.78, 5) is 51.6. The van der Waals surface area contributed by atoms with Gasteiger partial charge in [-0.2, -0.15) is 0 Å². The Morgan fingerprint density at radius 1 is 0.721 bits per heavy atom. The summed E-state index contributed by atoms with van der Waals surface area (Å²) in [5, 5.41) is 20.1. The minimum absolute atomic E-state index is 0.00466. The Balaban J connectivity index is 1.43. The lowest BCUT2D eigenvalue weighted by Crippen LogP contribution is -2.51. The van der Waals surface area contributed by atoms with Crippen molar-refractivity contribution >= 4 is 23.4 Å². The summed E-state index contributed by atoms with van der Waals surface area (Å²) in [6.07, 6.45) is 0.131. The number of nitrogens with one attached hydrogen (secondary N) is 3. The van der Waals surface area contributed by atoms with Gasteiger partial charge in [-0.1, -0.05) is 42.5 Å². The summed E-state index contributed by atoms with van der Waals surface area (Å²) in [5.74, 6) is -0.0339. The maximum absolute atomic E-state index is 13.8. The smallest absolute Gasteiger partial charge is 0.311 e. The number of fused-ring (bicyclic) bond motifs is 8. The first-order valence-corrected chi connectivity index (χ1v) is 13.6. The molecule has 10 bridgehead atoms. The number of nitrogens with zero attached hydrogens (tertiary/aromatic N) is 1. The maximum atomic E-state index is 13.8. The first-order valence-electron chi connectivity index (χ1n) is 13.6. The van der Waals surface area contributed by atoms with Crippen LogP contribution in [0.4, 0.5) is 5.69 Å². The molecule has 0 unspecified atom stereocenters. The third kappa shape index (κ3) is 6.30. The van der Waals surface area contributed by atoms with Crippen molar-refractivity contribution in [2.24, 2.45) is 0 Å². The topological polar surface area (TPSA) is 149 Å². The molecule has 216 valence electrons. The summed E-state index contributed by atoms with van der Waals surface area (Å²) in [5.41, 5.74) is 2.20. The first-order chi connectivity index (χ1) is 20.8. The number of hydrogen-bond donors (Lipinski definition) is 3. The van der Waals surface area contributed by atoms with Gasteiger partial charge in [-0.05, 0) is 64.7 Å². The fraction of sp³-hybridized carbons (Fsp3) is 0.156. The van der Waals surface area contributed by atoms with E-state index in [9.17, 15) is 24.5 Å². The zero-order valence-electron chi connectivity index (χ0n) is 22.7. The molecule has 8 rings (SSSR count). The van der Waals surface area contributed by atoms with Crippen LogP contribution in [0.5, 0.6) is 23.0 Å². The lowest BCUT2D eigenvalue weighted by molar-refractivity contribution is -0.385. The van der Waals surface area contributed by atoms with Gasteiger partial charge >= 0.3 is 5.69 Å². The Kier molecular flexibility index (Phi) is 7.44. The third-order valence-corrected chi connectivity index (χ3v) is 7.19. The van der Waals surface area contributed by atoms with Crippen LogP contribution in [0.15, 0.2) is 91.0 Å². The number of nitro groups is 1. The number of nitro benzene ring substituents is 1. The van der Waals surface area contributed by atoms with E-state index in [1.807, 2.05) is 12.1 Å². The van der Waals surface area contributed by atoms with Crippen LogP contribution in [0.3, 0.4) is 0 Å². The molecule has 4 aliphatic rings. The summed E-state index contributed by atoms with van der Waals surface area (Å²) in [6, 6.07) is 22.8. The average Bonchev–Trinajstić information content (AvgIpc) is 2.99. The van der Waals surface area contributed by atoms with E-state index < -0.39 is 34.7 Å². The van der Waals surface area contributed by atoms with Gasteiger partial charge in [0.15, 0.2) is 0 Å². The summed E-state index contributed by atoms with van der Waals surface area (Å²) in [6.45, 7) is 0.0304. The van der Waals surface area contributed by atoms with Gasteiger partial charge < -0.3 is 25.4 Å². The Bertz CT molecular complexity index is 1720. The Morgan fingerprint density at radius 3 is 2.21 bits per heavy atom. The van der Waals surface area contributed by atoms with Crippen molar-refractivity contribution in [2.45, 2.75) is 31.5 Å². The molecule has 4 heterocycles. The number of ether oxygens (including phenoxy) is 2. The highest BCUT2D eigenvalue weighted by molar-refractivity contribution is 5.93. The van der Waals surface area contributed by atoms with E-state index >= 15 is 0 Å². The van der Waals surface area contributed by atoms with E-state index in [2.05, 4.69) is 16.0 Å². The van der Waals surface area contributed by atoms with Gasteiger partial charge in [0.25, 0.3) is 0 Å². The zero-order chi connectivity index (χ0) is 29.9. The van der Waals surface area contributed by atoms with Gasteiger partial charge in [0.2, 0.25) is 23.5 Å². The monoisotopic (exact) mass is 578 g/mol. The second kappa shape index (κ2) is 11.6. The van der Waals surface area contributed by atoms with Gasteiger partial charge in [-0.25, -0.2) is 0 Å². The maximum Gasteiger partial charge on any atom is 0.311 e. The van der Waals surface area contributed by atoms with E-state index in [1.54, 1.807) is 60.7 Å². The predicted molar refractivity (Wildman–Crippen MR) is 155 cm³/mol. The minimum atomic E-state index is -1.15. The van der Waals surface area contributed by atoms with Gasteiger partial charge in [-0.15, -0.1) is 0 Å². The molecule has 3 N–H and O–H groups in total. The van der Waals surface area contributed by atoms with Crippen molar-refractivity contribution in [2.75, 3.05) is 0 Å². The molecule has 0 aliphatic carbocycles. The van der Waals surface area contributed by atoms with Gasteiger partial charge in [0.05, 0.1) is 11.3 Å². The quantitative estimate of drug-likeness (QED) is 0.226. The fourth-order valence-electron chi connectivity index (χ4n) is 5.02. The molecule has 0 fully saturated rings. The normalized spacial score (nSPS) is 18.3. The number of hydrogen-bond acceptors (Lipinski definition) is 7. The van der Waals surface area contributed by atoms with Crippen molar-refractivity contribution in [3.8, 4) is 23.0 Å². The van der Waals surface area contributed by atoms with Crippen LogP contribution in [0.2, 0.25) is 0 Å². The minimum Gasteiger partial charge on any atom is -0.457 e. The van der Waals surface area contributed by atoms with Crippen molar-refractivity contribution in [3.63, 3.8) is 0 Å². The van der Waals surface area contributed by atoms with Crippen LogP contribution < -0.4 is 25.4 Å². The van der Waals surface area contributed by atoms with Crippen molar-refractivity contribution < 1.29 is 28.8 Å². The SMILES string of the molecule is O=C1Cc2cccc(c2)Oc2ccc(cc2)C[C@@H]2NC(=O)[C@H](N1)c1ccc(cc1)Oc1cc(ccc1[N+](=O)[O-])CNC2=O. The summed E-state index contributed by atoms with van der Waals surface area (Å²) < 4.78 is 11.8. The van der Waals surface area contributed by atoms with Crippen molar-refractivity contribution in [3.05, 3.63) is 123 Å². The molecule has 4 aromatic rings. The lowest BCUT2D eigenvalue weighted by Gasteiger charge is -2.24. The molecule has 0 saturated heterocycles. The molecule has 0 saturated carbocycles. The standard InChI is InChI=1S/C32H26N4O7/c37-29-17-20-2-1-3-25(14-20)42-23-9-4-19(5-10-23)15-26-31(38)33-18-21-6-13-27(36(40)41)28(16-21)43-24-11-7-22(8-12-24)30(35-29)32(39)34-26/h1-14,16,26,30H,15,17-18H2,(H,33,38)(H,34,39)(H,35,37)/t26-,30+/m0/s1. The molecule has 43 heavy (non-hydrogen) atoms. The van der Waals surface area contributed by atoms with E-state index in [-0.39, 0.29) is 30.8 Å². The highest BCUT2D eigenvalue weighted by Gasteiger charge is 2.29. The first kappa shape index (κ1) is 27.5. The number of benzene rings is 4. The molecule has 0 aromatic heterocycles. The van der Waals surface area contributed by atoms with Gasteiger partial charge in [0.1, 0.15) is 29.3 Å². The van der Waals surface area contributed by atoms with E-state index in [0.29, 0.717) is 33.9 Å². The highest BCUT2D eigenvalue weighted by Crippen LogP contribution is 2.33. The molecule has 11 nitrogen and oxygen atoms in total. The molecule has 0 radical (unpaired) electrons. The van der Waals surface area contributed by atoms with E-state index in [0.717, 1.165) is 5.56 Å². The number of carbonyl (C=O) groups excluding carboxylic acids is 3. The van der Waals surface area contributed by atoms with Crippen LogP contribution in [0.1, 0.15) is 28.3 Å². The van der Waals surface area contributed by atoms with Crippen LogP contribution >= 0.6 is 0 Å². The van der Waals surface area contributed by atoms with Crippen molar-refractivity contribution in [1.29, 1.82) is 0 Å². The number of amides is 3. The third-order valence-electron chi connectivity index (χ3n) is 7.19. The second-order valence-corrected chi connectivity index (χ2v) is 10.3. The summed E-state index contributed by atoms with van der Waals surface area (Å²) in [7, 11) is 0. The highest BCUT2D eigenvalue weighted by atomic mass is 16.6. The Morgan fingerprint density at radius 2 is 1.44 bits per heavy atom. The summed E-state index contributed by atoms with van der Waals surface area (Å²) >= 11 is 0. The number of rotatable bonds is 1. The van der Waals surface area contributed by atoms with Gasteiger partial charge in [-0.3, -0.25) is 24.5 Å². The van der Waals surface area contributed by atoms with Gasteiger partial charge in [0, 0.05) is 19.0 Å². The predicted octanol–water partition coefficient (Wildman–Crippen LogP) is 4.25. The Labute approximate surface area is 246 Å². The van der Waals surface area contributed by atoms with Crippen LogP contribution in [0, 0.1) is 10.1 Å².